The number of hydrogen-bond donors (Lipinski definition) is 1. The number of nitrogens with zero attached hydrogens (tertiary/aromatic N) is 2. The highest BCUT2D eigenvalue weighted by atomic mass is 16.5. The molecule has 15 heavy (non-hydrogen) atoms. The molecule has 0 bridgehead atoms. The number of amidine groups is 1. The van der Waals surface area contributed by atoms with Crippen molar-refractivity contribution in [1.82, 2.24) is 5.32 Å². The Morgan fingerprint density at radius 3 is 2.93 bits per heavy atom. The second kappa shape index (κ2) is 5.66. The zero-order valence-corrected chi connectivity index (χ0v) is 8.82. The van der Waals surface area contributed by atoms with E-state index in [4.69, 9.17) is 10.00 Å². The minimum absolute atomic E-state index is 0.504. The van der Waals surface area contributed by atoms with Gasteiger partial charge in [0.05, 0.1) is 13.7 Å². The van der Waals surface area contributed by atoms with E-state index in [9.17, 15) is 0 Å². The molecule has 0 spiro atoms. The van der Waals surface area contributed by atoms with Crippen LogP contribution in [0.25, 0.3) is 0 Å². The lowest BCUT2D eigenvalue weighted by Crippen LogP contribution is -2.13. The molecular formula is C11H13N3O. The van der Waals surface area contributed by atoms with Gasteiger partial charge in [-0.3, -0.25) is 10.3 Å². The quantitative estimate of drug-likeness (QED) is 0.352. The second-order valence-corrected chi connectivity index (χ2v) is 2.95. The molecule has 4 nitrogen and oxygen atoms in total. The monoisotopic (exact) mass is 203 g/mol. The summed E-state index contributed by atoms with van der Waals surface area (Å²) < 4.78 is 5.18. The van der Waals surface area contributed by atoms with Crippen molar-refractivity contribution < 1.29 is 4.74 Å². The molecule has 0 aromatic heterocycles. The van der Waals surface area contributed by atoms with E-state index < -0.39 is 0 Å². The minimum Gasteiger partial charge on any atom is -0.496 e. The van der Waals surface area contributed by atoms with E-state index in [-0.39, 0.29) is 0 Å². The first-order chi connectivity index (χ1) is 7.27. The SMILES string of the molecule is COc1ccccc1CN=C(C)NC#N. The van der Waals surface area contributed by atoms with Crippen molar-refractivity contribution >= 4 is 5.84 Å². The Balaban J connectivity index is 2.73. The van der Waals surface area contributed by atoms with Crippen LogP contribution in [-0.2, 0) is 6.54 Å². The van der Waals surface area contributed by atoms with Crippen LogP contribution in [0.2, 0.25) is 0 Å². The number of nitrogens with one attached hydrogen (secondary N) is 1. The van der Waals surface area contributed by atoms with E-state index in [2.05, 4.69) is 10.3 Å². The van der Waals surface area contributed by atoms with Gasteiger partial charge < -0.3 is 4.74 Å². The summed E-state index contributed by atoms with van der Waals surface area (Å²) in [5, 5.41) is 10.8. The third-order valence-electron chi connectivity index (χ3n) is 1.92. The molecule has 1 rings (SSSR count). The Morgan fingerprint density at radius 2 is 2.27 bits per heavy atom. The number of methoxy groups -OCH3 is 1. The number of hydrogen-bond acceptors (Lipinski definition) is 3. The predicted molar refractivity (Wildman–Crippen MR) is 58.6 cm³/mol. The number of benzene rings is 1. The highest BCUT2D eigenvalue weighted by Gasteiger charge is 1.99. The van der Waals surface area contributed by atoms with Crippen molar-refractivity contribution in [3.63, 3.8) is 0 Å². The van der Waals surface area contributed by atoms with Gasteiger partial charge in [0, 0.05) is 5.56 Å². The number of rotatable bonds is 3. The van der Waals surface area contributed by atoms with Crippen molar-refractivity contribution in [2.75, 3.05) is 7.11 Å². The van der Waals surface area contributed by atoms with Crippen molar-refractivity contribution in [1.29, 1.82) is 5.26 Å². The molecule has 0 saturated heterocycles. The molecule has 4 heteroatoms. The maximum absolute atomic E-state index is 8.37. The van der Waals surface area contributed by atoms with Crippen LogP contribution in [0.3, 0.4) is 0 Å². The number of nitriles is 1. The van der Waals surface area contributed by atoms with E-state index in [1.807, 2.05) is 30.5 Å². The summed E-state index contributed by atoms with van der Waals surface area (Å²) in [6, 6.07) is 7.67. The van der Waals surface area contributed by atoms with E-state index in [0.29, 0.717) is 12.4 Å². The van der Waals surface area contributed by atoms with Gasteiger partial charge in [-0.2, -0.15) is 5.26 Å². The summed E-state index contributed by atoms with van der Waals surface area (Å²) in [4.78, 5) is 4.20. The maximum atomic E-state index is 8.37. The molecule has 0 fully saturated rings. The average Bonchev–Trinajstić information content (AvgIpc) is 2.27. The third-order valence-corrected chi connectivity index (χ3v) is 1.92. The zero-order chi connectivity index (χ0) is 11.1. The summed E-state index contributed by atoms with van der Waals surface area (Å²) in [5.41, 5.74) is 0.999. The van der Waals surface area contributed by atoms with Gasteiger partial charge >= 0.3 is 0 Å². The third kappa shape index (κ3) is 3.31. The first-order valence-corrected chi connectivity index (χ1v) is 4.56. The van der Waals surface area contributed by atoms with Crippen molar-refractivity contribution in [2.45, 2.75) is 13.5 Å². The summed E-state index contributed by atoms with van der Waals surface area (Å²) in [7, 11) is 1.63. The van der Waals surface area contributed by atoms with Crippen LogP contribution in [0, 0.1) is 11.5 Å². The fourth-order valence-corrected chi connectivity index (χ4v) is 1.16. The molecule has 1 aromatic carbocycles. The highest BCUT2D eigenvalue weighted by molar-refractivity contribution is 5.80. The first kappa shape index (κ1) is 11.1. The van der Waals surface area contributed by atoms with Gasteiger partial charge in [-0.25, -0.2) is 0 Å². The summed E-state index contributed by atoms with van der Waals surface area (Å²) >= 11 is 0. The molecule has 0 aliphatic carbocycles. The second-order valence-electron chi connectivity index (χ2n) is 2.95. The van der Waals surface area contributed by atoms with Crippen molar-refractivity contribution in [3.8, 4) is 11.9 Å². The van der Waals surface area contributed by atoms with Gasteiger partial charge in [-0.15, -0.1) is 0 Å². The molecule has 0 aliphatic rings. The molecule has 0 atom stereocenters. The Kier molecular flexibility index (Phi) is 4.17. The molecule has 78 valence electrons. The molecule has 1 N–H and O–H groups in total. The van der Waals surface area contributed by atoms with Gasteiger partial charge in [-0.1, -0.05) is 18.2 Å². The van der Waals surface area contributed by atoms with Crippen molar-refractivity contribution in [3.05, 3.63) is 29.8 Å². The lowest BCUT2D eigenvalue weighted by atomic mass is 10.2. The lowest BCUT2D eigenvalue weighted by Gasteiger charge is -2.05. The minimum atomic E-state index is 0.504. The fraction of sp³-hybridized carbons (Fsp3) is 0.273. The number of aliphatic imine (C=N–C) groups is 1. The van der Waals surface area contributed by atoms with Crippen LogP contribution in [0.15, 0.2) is 29.3 Å². The molecule has 0 amide bonds. The largest absolute Gasteiger partial charge is 0.496 e. The topological polar surface area (TPSA) is 57.4 Å². The highest BCUT2D eigenvalue weighted by Crippen LogP contribution is 2.17. The van der Waals surface area contributed by atoms with E-state index in [1.54, 1.807) is 14.0 Å². The molecule has 0 unspecified atom stereocenters. The van der Waals surface area contributed by atoms with Gasteiger partial charge in [0.2, 0.25) is 0 Å². The van der Waals surface area contributed by atoms with Crippen LogP contribution in [0.4, 0.5) is 0 Å². The van der Waals surface area contributed by atoms with Gasteiger partial charge in [0.15, 0.2) is 6.19 Å². The Morgan fingerprint density at radius 1 is 1.53 bits per heavy atom. The molecular weight excluding hydrogens is 190 g/mol. The van der Waals surface area contributed by atoms with Gasteiger partial charge in [0.1, 0.15) is 11.6 Å². The van der Waals surface area contributed by atoms with Gasteiger partial charge in [0.25, 0.3) is 0 Å². The van der Waals surface area contributed by atoms with Crippen LogP contribution in [0.1, 0.15) is 12.5 Å². The first-order valence-electron chi connectivity index (χ1n) is 4.56. The molecule has 0 saturated carbocycles. The van der Waals surface area contributed by atoms with Crippen LogP contribution >= 0.6 is 0 Å². The fourth-order valence-electron chi connectivity index (χ4n) is 1.16. The van der Waals surface area contributed by atoms with Crippen molar-refractivity contribution in [2.24, 2.45) is 4.99 Å². The van der Waals surface area contributed by atoms with Crippen LogP contribution < -0.4 is 10.1 Å². The Bertz CT molecular complexity index is 393. The van der Waals surface area contributed by atoms with Crippen LogP contribution in [-0.4, -0.2) is 12.9 Å². The van der Waals surface area contributed by atoms with E-state index >= 15 is 0 Å². The van der Waals surface area contributed by atoms with E-state index in [0.717, 1.165) is 11.3 Å². The van der Waals surface area contributed by atoms with Crippen LogP contribution in [0.5, 0.6) is 5.75 Å². The average molecular weight is 203 g/mol. The molecule has 0 aliphatic heterocycles. The summed E-state index contributed by atoms with van der Waals surface area (Å²) in [6.07, 6.45) is 1.82. The standard InChI is InChI=1S/C11H13N3O/c1-9(14-8-12)13-7-10-5-3-4-6-11(10)15-2/h3-6H,7H2,1-2H3,(H,13,14). The lowest BCUT2D eigenvalue weighted by molar-refractivity contribution is 0.410. The number of para-hydroxylation sites is 1. The Labute approximate surface area is 89.2 Å². The number of ether oxygens (including phenoxy) is 1. The van der Waals surface area contributed by atoms with Gasteiger partial charge in [-0.05, 0) is 13.0 Å². The maximum Gasteiger partial charge on any atom is 0.182 e. The molecule has 1 aromatic rings. The normalized spacial score (nSPS) is 10.6. The molecule has 0 radical (unpaired) electrons. The van der Waals surface area contributed by atoms with E-state index in [1.165, 1.54) is 0 Å². The summed E-state index contributed by atoms with van der Waals surface area (Å²) in [5.74, 6) is 1.41. The Hall–Kier alpha value is -2.02. The smallest absolute Gasteiger partial charge is 0.182 e. The zero-order valence-electron chi connectivity index (χ0n) is 8.82. The molecule has 0 heterocycles. The predicted octanol–water partition coefficient (Wildman–Crippen LogP) is 1.68. The summed E-state index contributed by atoms with van der Waals surface area (Å²) in [6.45, 7) is 2.25.